The number of esters is 2. The predicted octanol–water partition coefficient (Wildman–Crippen LogP) is 0.448. The molecule has 0 aromatic rings. The number of carbonyl (C=O) groups is 2. The Morgan fingerprint density at radius 3 is 1.57 bits per heavy atom. The zero-order valence-corrected chi connectivity index (χ0v) is 7.94. The molecular formula is C10H10O4. The van der Waals surface area contributed by atoms with Crippen LogP contribution >= 0.6 is 0 Å². The van der Waals surface area contributed by atoms with Gasteiger partial charge in [0.1, 0.15) is 0 Å². The summed E-state index contributed by atoms with van der Waals surface area (Å²) in [7, 11) is 2.55. The van der Waals surface area contributed by atoms with Gasteiger partial charge in [0.25, 0.3) is 0 Å². The van der Waals surface area contributed by atoms with Crippen molar-refractivity contribution in [3.8, 4) is 11.8 Å². The fourth-order valence-electron chi connectivity index (χ4n) is 0.452. The molecule has 0 saturated heterocycles. The Hall–Kier alpha value is -2.02. The van der Waals surface area contributed by atoms with Gasteiger partial charge in [0.2, 0.25) is 0 Å². The van der Waals surface area contributed by atoms with Crippen LogP contribution in [-0.4, -0.2) is 26.2 Å². The van der Waals surface area contributed by atoms with Crippen molar-refractivity contribution in [1.29, 1.82) is 0 Å². The number of ether oxygens (including phenoxy) is 2. The first-order valence-corrected chi connectivity index (χ1v) is 3.70. The first-order chi connectivity index (χ1) is 6.70. The topological polar surface area (TPSA) is 52.6 Å². The lowest BCUT2D eigenvalue weighted by molar-refractivity contribution is -0.135. The van der Waals surface area contributed by atoms with E-state index in [2.05, 4.69) is 21.3 Å². The average Bonchev–Trinajstić information content (AvgIpc) is 2.22. The molecule has 0 heterocycles. The van der Waals surface area contributed by atoms with Crippen molar-refractivity contribution in [3.63, 3.8) is 0 Å². The molecule has 0 spiro atoms. The van der Waals surface area contributed by atoms with E-state index >= 15 is 0 Å². The summed E-state index contributed by atoms with van der Waals surface area (Å²) < 4.78 is 8.65. The number of hydrogen-bond donors (Lipinski definition) is 0. The number of rotatable bonds is 2. The van der Waals surface area contributed by atoms with Crippen molar-refractivity contribution >= 4 is 11.9 Å². The molecule has 0 aliphatic rings. The highest BCUT2D eigenvalue weighted by atomic mass is 16.5. The number of hydrogen-bond acceptors (Lipinski definition) is 4. The van der Waals surface area contributed by atoms with Gasteiger partial charge in [-0.25, -0.2) is 9.59 Å². The Kier molecular flexibility index (Phi) is 6.52. The number of allylic oxidation sites excluding steroid dienone is 2. The monoisotopic (exact) mass is 194 g/mol. The fraction of sp³-hybridized carbons (Fsp3) is 0.200. The molecule has 0 atom stereocenters. The number of carbonyl (C=O) groups excluding carboxylic acids is 2. The van der Waals surface area contributed by atoms with Crippen molar-refractivity contribution in [2.75, 3.05) is 14.2 Å². The lowest BCUT2D eigenvalue weighted by atomic mass is 10.4. The summed E-state index contributed by atoms with van der Waals surface area (Å²) in [5, 5.41) is 0. The standard InChI is InChI=1S/C10H10O4/c1-13-9(11)7-5-3-4-6-8-10(12)14-2/h5-8H,1-2H3/b7-5+,8-6+. The third-order valence-electron chi connectivity index (χ3n) is 1.09. The van der Waals surface area contributed by atoms with E-state index in [-0.39, 0.29) is 0 Å². The van der Waals surface area contributed by atoms with Crippen LogP contribution in [0, 0.1) is 11.8 Å². The number of methoxy groups -OCH3 is 2. The lowest BCUT2D eigenvalue weighted by Gasteiger charge is -1.85. The maximum atomic E-state index is 10.5. The molecule has 0 rings (SSSR count). The SMILES string of the molecule is COC(=O)/C=C/C#C/C=C/C(=O)OC. The van der Waals surface area contributed by atoms with Gasteiger partial charge in [0.05, 0.1) is 14.2 Å². The molecule has 0 fully saturated rings. The molecule has 4 nitrogen and oxygen atoms in total. The van der Waals surface area contributed by atoms with Crippen molar-refractivity contribution < 1.29 is 19.1 Å². The van der Waals surface area contributed by atoms with Gasteiger partial charge >= 0.3 is 11.9 Å². The molecule has 0 aromatic carbocycles. The van der Waals surface area contributed by atoms with Gasteiger partial charge in [-0.1, -0.05) is 11.8 Å². The Labute approximate surface area is 82.2 Å². The molecule has 4 heteroatoms. The molecule has 14 heavy (non-hydrogen) atoms. The molecule has 0 aliphatic heterocycles. The Balaban J connectivity index is 3.96. The second-order valence-electron chi connectivity index (χ2n) is 2.00. The molecule has 0 aliphatic carbocycles. The molecule has 0 saturated carbocycles. The summed E-state index contributed by atoms with van der Waals surface area (Å²) in [5.41, 5.74) is 0. The second kappa shape index (κ2) is 7.62. The molecule has 0 radical (unpaired) electrons. The minimum absolute atomic E-state index is 0.476. The van der Waals surface area contributed by atoms with E-state index < -0.39 is 11.9 Å². The largest absolute Gasteiger partial charge is 0.466 e. The molecule has 0 unspecified atom stereocenters. The Morgan fingerprint density at radius 1 is 0.929 bits per heavy atom. The quantitative estimate of drug-likeness (QED) is 0.364. The predicted molar refractivity (Wildman–Crippen MR) is 50.1 cm³/mol. The van der Waals surface area contributed by atoms with E-state index in [4.69, 9.17) is 0 Å². The van der Waals surface area contributed by atoms with Crippen LogP contribution in [0.4, 0.5) is 0 Å². The van der Waals surface area contributed by atoms with Crippen LogP contribution in [0.1, 0.15) is 0 Å². The van der Waals surface area contributed by atoms with Gasteiger partial charge < -0.3 is 9.47 Å². The Morgan fingerprint density at radius 2 is 1.29 bits per heavy atom. The summed E-state index contributed by atoms with van der Waals surface area (Å²) in [6.45, 7) is 0. The second-order valence-corrected chi connectivity index (χ2v) is 2.00. The highest BCUT2D eigenvalue weighted by molar-refractivity contribution is 5.83. The maximum Gasteiger partial charge on any atom is 0.331 e. The molecule has 74 valence electrons. The lowest BCUT2D eigenvalue weighted by Crippen LogP contribution is -1.93. The van der Waals surface area contributed by atoms with Crippen LogP contribution in [-0.2, 0) is 19.1 Å². The van der Waals surface area contributed by atoms with Crippen molar-refractivity contribution in [1.82, 2.24) is 0 Å². The molecule has 0 N–H and O–H groups in total. The van der Waals surface area contributed by atoms with Crippen molar-refractivity contribution in [3.05, 3.63) is 24.3 Å². The smallest absolute Gasteiger partial charge is 0.331 e. The van der Waals surface area contributed by atoms with Gasteiger partial charge in [-0.05, 0) is 12.2 Å². The maximum absolute atomic E-state index is 10.5. The van der Waals surface area contributed by atoms with Crippen LogP contribution in [0.2, 0.25) is 0 Å². The van der Waals surface area contributed by atoms with Crippen LogP contribution in [0.15, 0.2) is 24.3 Å². The molecule has 0 bridgehead atoms. The first kappa shape index (κ1) is 12.0. The van der Waals surface area contributed by atoms with E-state index in [1.54, 1.807) is 0 Å². The molecule has 0 amide bonds. The van der Waals surface area contributed by atoms with Gasteiger partial charge in [0.15, 0.2) is 0 Å². The summed E-state index contributed by atoms with van der Waals surface area (Å²) in [4.78, 5) is 21.1. The van der Waals surface area contributed by atoms with E-state index in [1.807, 2.05) is 0 Å². The molecular weight excluding hydrogens is 184 g/mol. The highest BCUT2D eigenvalue weighted by Gasteiger charge is 1.87. The first-order valence-electron chi connectivity index (χ1n) is 3.70. The average molecular weight is 194 g/mol. The third kappa shape index (κ3) is 6.68. The van der Waals surface area contributed by atoms with Crippen LogP contribution < -0.4 is 0 Å². The zero-order chi connectivity index (χ0) is 10.8. The normalized spacial score (nSPS) is 9.57. The van der Waals surface area contributed by atoms with Crippen molar-refractivity contribution in [2.24, 2.45) is 0 Å². The minimum atomic E-state index is -0.476. The Bertz CT molecular complexity index is 285. The van der Waals surface area contributed by atoms with E-state index in [0.29, 0.717) is 0 Å². The van der Waals surface area contributed by atoms with Crippen LogP contribution in [0.3, 0.4) is 0 Å². The van der Waals surface area contributed by atoms with Crippen LogP contribution in [0.25, 0.3) is 0 Å². The van der Waals surface area contributed by atoms with E-state index in [1.165, 1.54) is 38.5 Å². The third-order valence-corrected chi connectivity index (χ3v) is 1.09. The van der Waals surface area contributed by atoms with Gasteiger partial charge in [-0.15, -0.1) is 0 Å². The van der Waals surface area contributed by atoms with Gasteiger partial charge in [0, 0.05) is 12.2 Å². The highest BCUT2D eigenvalue weighted by Crippen LogP contribution is 1.78. The minimum Gasteiger partial charge on any atom is -0.466 e. The van der Waals surface area contributed by atoms with E-state index in [9.17, 15) is 9.59 Å². The van der Waals surface area contributed by atoms with Crippen LogP contribution in [0.5, 0.6) is 0 Å². The summed E-state index contributed by atoms with van der Waals surface area (Å²) in [6.07, 6.45) is 5.01. The fourth-order valence-corrected chi connectivity index (χ4v) is 0.452. The summed E-state index contributed by atoms with van der Waals surface area (Å²) in [5.74, 6) is 4.06. The summed E-state index contributed by atoms with van der Waals surface area (Å²) >= 11 is 0. The zero-order valence-electron chi connectivity index (χ0n) is 7.94. The van der Waals surface area contributed by atoms with Gasteiger partial charge in [-0.2, -0.15) is 0 Å². The van der Waals surface area contributed by atoms with Crippen molar-refractivity contribution in [2.45, 2.75) is 0 Å². The summed E-state index contributed by atoms with van der Waals surface area (Å²) in [6, 6.07) is 0. The molecule has 0 aromatic heterocycles. The van der Waals surface area contributed by atoms with E-state index in [0.717, 1.165) is 0 Å². The van der Waals surface area contributed by atoms with Gasteiger partial charge in [-0.3, -0.25) is 0 Å².